The molecule has 0 spiro atoms. The molecule has 0 aromatic heterocycles. The predicted molar refractivity (Wildman–Crippen MR) is 101 cm³/mol. The van der Waals surface area contributed by atoms with Crippen LogP contribution in [0.15, 0.2) is 24.3 Å². The number of rotatable bonds is 4. The average Bonchev–Trinajstić information content (AvgIpc) is 2.69. The lowest BCUT2D eigenvalue weighted by atomic mass is 9.94. The minimum atomic E-state index is -0.341. The summed E-state index contributed by atoms with van der Waals surface area (Å²) in [6, 6.07) is 7.58. The summed E-state index contributed by atoms with van der Waals surface area (Å²) in [5, 5.41) is 2.93. The lowest BCUT2D eigenvalue weighted by Gasteiger charge is -2.37. The molecule has 26 heavy (non-hydrogen) atoms. The monoisotopic (exact) mass is 360 g/mol. The Morgan fingerprint density at radius 2 is 1.77 bits per heavy atom. The van der Waals surface area contributed by atoms with Gasteiger partial charge < -0.3 is 19.9 Å². The van der Waals surface area contributed by atoms with Gasteiger partial charge in [-0.25, -0.2) is 9.59 Å². The van der Waals surface area contributed by atoms with Gasteiger partial charge in [0.25, 0.3) is 0 Å². The molecule has 0 bridgehead atoms. The highest BCUT2D eigenvalue weighted by molar-refractivity contribution is 5.92. The number of amides is 2. The van der Waals surface area contributed by atoms with Crippen molar-refractivity contribution in [2.24, 2.45) is 0 Å². The smallest absolute Gasteiger partial charge is 0.338 e. The third-order valence-electron chi connectivity index (χ3n) is 5.52. The minimum absolute atomic E-state index is 0.0587. The molecule has 1 saturated heterocycles. The van der Waals surface area contributed by atoms with E-state index >= 15 is 0 Å². The van der Waals surface area contributed by atoms with E-state index in [1.54, 1.807) is 36.1 Å². The van der Waals surface area contributed by atoms with Crippen LogP contribution in [-0.2, 0) is 4.74 Å². The highest BCUT2D eigenvalue weighted by atomic mass is 16.5. The number of urea groups is 1. The molecule has 3 rings (SSSR count). The Kier molecular flexibility index (Phi) is 6.50. The Balaban J connectivity index is 1.47. The fourth-order valence-corrected chi connectivity index (χ4v) is 4.02. The number of hydrogen-bond donors (Lipinski definition) is 2. The number of carbonyl (C=O) groups excluding carboxylic acids is 2. The lowest BCUT2D eigenvalue weighted by Crippen LogP contribution is -3.18. The Morgan fingerprint density at radius 1 is 1.12 bits per heavy atom. The molecular weight excluding hydrogens is 330 g/mol. The van der Waals surface area contributed by atoms with E-state index in [0.717, 1.165) is 32.2 Å². The van der Waals surface area contributed by atoms with Crippen LogP contribution in [0.1, 0.15) is 49.4 Å². The molecule has 0 unspecified atom stereocenters. The summed E-state index contributed by atoms with van der Waals surface area (Å²) in [5.74, 6) is -0.341. The van der Waals surface area contributed by atoms with E-state index < -0.39 is 0 Å². The maximum Gasteiger partial charge on any atom is 0.338 e. The van der Waals surface area contributed by atoms with Crippen LogP contribution in [0.4, 0.5) is 10.5 Å². The van der Waals surface area contributed by atoms with Gasteiger partial charge in [-0.2, -0.15) is 0 Å². The standard InChI is InChI=1S/C20H29N3O3/c1-2-26-19(24)16-8-10-17(11-9-16)21-20(25)23-14-12-22(13-15-23)18-6-4-3-5-7-18/h8-11,18H,2-7,12-15H2,1H3,(H,21,25)/p+1. The molecule has 1 aliphatic heterocycles. The zero-order valence-corrected chi connectivity index (χ0v) is 15.6. The van der Waals surface area contributed by atoms with Crippen LogP contribution in [0, 0.1) is 0 Å². The molecule has 142 valence electrons. The molecule has 2 fully saturated rings. The molecule has 2 amide bonds. The number of ether oxygens (including phenoxy) is 1. The summed E-state index contributed by atoms with van der Waals surface area (Å²) in [6.07, 6.45) is 6.79. The highest BCUT2D eigenvalue weighted by Gasteiger charge is 2.30. The predicted octanol–water partition coefficient (Wildman–Crippen LogP) is 1.93. The van der Waals surface area contributed by atoms with Crippen molar-refractivity contribution in [3.05, 3.63) is 29.8 Å². The third-order valence-corrected chi connectivity index (χ3v) is 5.52. The van der Waals surface area contributed by atoms with Gasteiger partial charge in [-0.3, -0.25) is 0 Å². The number of nitrogens with zero attached hydrogens (tertiary/aromatic N) is 1. The van der Waals surface area contributed by atoms with Crippen LogP contribution in [0.25, 0.3) is 0 Å². The largest absolute Gasteiger partial charge is 0.462 e. The number of hydrogen-bond acceptors (Lipinski definition) is 3. The molecule has 1 aromatic carbocycles. The van der Waals surface area contributed by atoms with Gasteiger partial charge in [-0.05, 0) is 56.9 Å². The number of piperazine rings is 1. The molecule has 1 saturated carbocycles. The summed E-state index contributed by atoms with van der Waals surface area (Å²) in [4.78, 5) is 27.7. The highest BCUT2D eigenvalue weighted by Crippen LogP contribution is 2.16. The summed E-state index contributed by atoms with van der Waals surface area (Å²) in [6.45, 7) is 5.82. The maximum atomic E-state index is 12.5. The van der Waals surface area contributed by atoms with Gasteiger partial charge in [0.2, 0.25) is 0 Å². The van der Waals surface area contributed by atoms with Crippen molar-refractivity contribution in [3.8, 4) is 0 Å². The molecule has 0 atom stereocenters. The number of benzene rings is 1. The van der Waals surface area contributed by atoms with Crippen molar-refractivity contribution in [3.63, 3.8) is 0 Å². The first-order chi connectivity index (χ1) is 12.7. The summed E-state index contributed by atoms with van der Waals surface area (Å²) in [7, 11) is 0. The van der Waals surface area contributed by atoms with Crippen LogP contribution < -0.4 is 10.2 Å². The average molecular weight is 360 g/mol. The minimum Gasteiger partial charge on any atom is -0.462 e. The van der Waals surface area contributed by atoms with Gasteiger partial charge in [0.15, 0.2) is 0 Å². The molecule has 6 heteroatoms. The molecule has 0 radical (unpaired) electrons. The van der Waals surface area contributed by atoms with Gasteiger partial charge in [0, 0.05) is 5.69 Å². The molecule has 1 aliphatic carbocycles. The van der Waals surface area contributed by atoms with Gasteiger partial charge in [-0.1, -0.05) is 6.42 Å². The number of anilines is 1. The van der Waals surface area contributed by atoms with E-state index in [-0.39, 0.29) is 12.0 Å². The molecule has 6 nitrogen and oxygen atoms in total. The molecular formula is C20H30N3O3+. The number of carbonyl (C=O) groups is 2. The van der Waals surface area contributed by atoms with E-state index in [0.29, 0.717) is 17.9 Å². The zero-order chi connectivity index (χ0) is 18.4. The molecule has 1 aromatic rings. The van der Waals surface area contributed by atoms with E-state index in [1.165, 1.54) is 32.1 Å². The first kappa shape index (κ1) is 18.7. The van der Waals surface area contributed by atoms with E-state index in [9.17, 15) is 9.59 Å². The van der Waals surface area contributed by atoms with Crippen molar-refractivity contribution < 1.29 is 19.2 Å². The number of esters is 1. The Labute approximate surface area is 155 Å². The number of nitrogens with one attached hydrogen (secondary N) is 2. The summed E-state index contributed by atoms with van der Waals surface area (Å²) < 4.78 is 4.97. The van der Waals surface area contributed by atoms with Gasteiger partial charge in [0.05, 0.1) is 44.4 Å². The van der Waals surface area contributed by atoms with Crippen molar-refractivity contribution in [2.45, 2.75) is 45.1 Å². The Hall–Kier alpha value is -2.08. The Morgan fingerprint density at radius 3 is 2.38 bits per heavy atom. The van der Waals surface area contributed by atoms with E-state index in [4.69, 9.17) is 4.74 Å². The maximum absolute atomic E-state index is 12.5. The van der Waals surface area contributed by atoms with E-state index in [1.807, 2.05) is 4.90 Å². The van der Waals surface area contributed by atoms with Crippen LogP contribution in [0.5, 0.6) is 0 Å². The van der Waals surface area contributed by atoms with Crippen molar-refractivity contribution in [2.75, 3.05) is 38.1 Å². The normalized spacial score (nSPS) is 19.2. The van der Waals surface area contributed by atoms with Crippen molar-refractivity contribution in [1.82, 2.24) is 4.90 Å². The summed E-state index contributed by atoms with van der Waals surface area (Å²) in [5.41, 5.74) is 1.19. The topological polar surface area (TPSA) is 63.1 Å². The van der Waals surface area contributed by atoms with Gasteiger partial charge in [0.1, 0.15) is 0 Å². The second-order valence-corrected chi connectivity index (χ2v) is 7.21. The van der Waals surface area contributed by atoms with Crippen LogP contribution in [-0.4, -0.2) is 55.7 Å². The molecule has 1 heterocycles. The molecule has 2 N–H and O–H groups in total. The fourth-order valence-electron chi connectivity index (χ4n) is 4.02. The number of quaternary nitrogens is 1. The zero-order valence-electron chi connectivity index (χ0n) is 15.6. The quantitative estimate of drug-likeness (QED) is 0.807. The molecule has 2 aliphatic rings. The SMILES string of the molecule is CCOC(=O)c1ccc(NC(=O)N2CC[NH+](C3CCCCC3)CC2)cc1. The first-order valence-electron chi connectivity index (χ1n) is 9.85. The Bertz CT molecular complexity index is 603. The van der Waals surface area contributed by atoms with Crippen molar-refractivity contribution >= 4 is 17.7 Å². The van der Waals surface area contributed by atoms with Crippen LogP contribution in [0.2, 0.25) is 0 Å². The van der Waals surface area contributed by atoms with Crippen LogP contribution in [0.3, 0.4) is 0 Å². The fraction of sp³-hybridized carbons (Fsp3) is 0.600. The second kappa shape index (κ2) is 9.03. The van der Waals surface area contributed by atoms with Crippen molar-refractivity contribution in [1.29, 1.82) is 0 Å². The lowest BCUT2D eigenvalue weighted by molar-refractivity contribution is -0.930. The van der Waals surface area contributed by atoms with Crippen LogP contribution >= 0.6 is 0 Å². The second-order valence-electron chi connectivity index (χ2n) is 7.21. The van der Waals surface area contributed by atoms with Gasteiger partial charge in [-0.15, -0.1) is 0 Å². The third kappa shape index (κ3) is 4.75. The summed E-state index contributed by atoms with van der Waals surface area (Å²) >= 11 is 0. The van der Waals surface area contributed by atoms with Gasteiger partial charge >= 0.3 is 12.0 Å². The first-order valence-corrected chi connectivity index (χ1v) is 9.85. The van der Waals surface area contributed by atoms with E-state index in [2.05, 4.69) is 5.32 Å².